The van der Waals surface area contributed by atoms with E-state index in [1.54, 1.807) is 0 Å². The van der Waals surface area contributed by atoms with Crippen LogP contribution in [0.15, 0.2) is 54.6 Å². The highest BCUT2D eigenvalue weighted by atomic mass is 16.2. The van der Waals surface area contributed by atoms with Crippen LogP contribution in [-0.2, 0) is 9.59 Å². The first-order valence-corrected chi connectivity index (χ1v) is 10.2. The Hall–Kier alpha value is -3.18. The molecule has 0 saturated heterocycles. The van der Waals surface area contributed by atoms with E-state index in [9.17, 15) is 9.59 Å². The summed E-state index contributed by atoms with van der Waals surface area (Å²) in [5.74, 6) is -0.216. The van der Waals surface area contributed by atoms with Gasteiger partial charge in [0.25, 0.3) is 11.8 Å². The quantitative estimate of drug-likeness (QED) is 0.591. The summed E-state index contributed by atoms with van der Waals surface area (Å²) in [4.78, 5) is 26.1. The van der Waals surface area contributed by atoms with Crippen LogP contribution >= 0.6 is 0 Å². The minimum absolute atomic E-state index is 0.104. The number of quaternary nitrogens is 1. The van der Waals surface area contributed by atoms with E-state index < -0.39 is 0 Å². The summed E-state index contributed by atoms with van der Waals surface area (Å²) < 4.78 is 0. The minimum atomic E-state index is -0.373. The molecular weight excluding hydrogens is 374 g/mol. The summed E-state index contributed by atoms with van der Waals surface area (Å²) in [7, 11) is 1.86. The van der Waals surface area contributed by atoms with Gasteiger partial charge in [-0.05, 0) is 61.7 Å². The van der Waals surface area contributed by atoms with Crippen LogP contribution in [-0.4, -0.2) is 31.4 Å². The molecule has 5 heteroatoms. The van der Waals surface area contributed by atoms with E-state index >= 15 is 0 Å². The number of carbonyl (C=O) groups excluding carboxylic acids is 2. The number of amides is 2. The molecule has 2 amide bonds. The number of fused-ring (bicyclic) bond motifs is 1. The molecule has 0 radical (unpaired) electrons. The van der Waals surface area contributed by atoms with Crippen molar-refractivity contribution in [3.63, 3.8) is 0 Å². The van der Waals surface area contributed by atoms with Gasteiger partial charge in [-0.25, -0.2) is 0 Å². The number of carbonyl (C=O) groups is 2. The Bertz CT molecular complexity index is 1070. The Labute approximate surface area is 178 Å². The van der Waals surface area contributed by atoms with Crippen LogP contribution in [0.1, 0.15) is 23.6 Å². The summed E-state index contributed by atoms with van der Waals surface area (Å²) >= 11 is 0. The summed E-state index contributed by atoms with van der Waals surface area (Å²) in [6, 6.07) is 17.6. The van der Waals surface area contributed by atoms with Crippen molar-refractivity contribution in [2.24, 2.45) is 0 Å². The van der Waals surface area contributed by atoms with Crippen molar-refractivity contribution in [3.8, 4) is 0 Å². The first-order chi connectivity index (χ1) is 14.2. The van der Waals surface area contributed by atoms with Gasteiger partial charge in [0.15, 0.2) is 12.6 Å². The number of likely N-dealkylation sites (N-methyl/N-ethyl adjacent to an activating group) is 1. The highest BCUT2D eigenvalue weighted by molar-refractivity contribution is 5.97. The zero-order valence-electron chi connectivity index (χ0n) is 18.3. The number of anilines is 2. The van der Waals surface area contributed by atoms with Crippen molar-refractivity contribution in [2.45, 2.75) is 33.7 Å². The first-order valence-electron chi connectivity index (χ1n) is 10.2. The molecule has 5 nitrogen and oxygen atoms in total. The molecular formula is C25H30N3O2+. The van der Waals surface area contributed by atoms with Crippen molar-refractivity contribution < 1.29 is 14.5 Å². The first kappa shape index (κ1) is 21.5. The molecule has 0 bridgehead atoms. The lowest BCUT2D eigenvalue weighted by Gasteiger charge is -2.21. The maximum Gasteiger partial charge on any atom is 0.282 e. The van der Waals surface area contributed by atoms with Crippen LogP contribution in [0, 0.1) is 20.8 Å². The zero-order chi connectivity index (χ0) is 21.8. The second-order valence-corrected chi connectivity index (χ2v) is 8.12. The van der Waals surface area contributed by atoms with Crippen molar-refractivity contribution >= 4 is 34.0 Å². The van der Waals surface area contributed by atoms with Gasteiger partial charge in [0.1, 0.15) is 0 Å². The lowest BCUT2D eigenvalue weighted by Crippen LogP contribution is -3.14. The zero-order valence-corrected chi connectivity index (χ0v) is 18.3. The summed E-state index contributed by atoms with van der Waals surface area (Å²) in [5.41, 5.74) is 4.87. The van der Waals surface area contributed by atoms with E-state index in [1.807, 2.05) is 77.2 Å². The Kier molecular flexibility index (Phi) is 6.53. The monoisotopic (exact) mass is 404 g/mol. The summed E-state index contributed by atoms with van der Waals surface area (Å²) in [6.07, 6.45) is 0. The van der Waals surface area contributed by atoms with E-state index in [0.717, 1.165) is 38.2 Å². The number of hydrogen-bond acceptors (Lipinski definition) is 2. The van der Waals surface area contributed by atoms with Gasteiger partial charge < -0.3 is 15.5 Å². The van der Waals surface area contributed by atoms with E-state index in [0.29, 0.717) is 0 Å². The molecule has 0 spiro atoms. The van der Waals surface area contributed by atoms with Crippen molar-refractivity contribution in [3.05, 3.63) is 71.3 Å². The predicted molar refractivity (Wildman–Crippen MR) is 123 cm³/mol. The van der Waals surface area contributed by atoms with Gasteiger partial charge in [-0.1, -0.05) is 48.0 Å². The molecule has 3 aromatic carbocycles. The molecule has 0 fully saturated rings. The van der Waals surface area contributed by atoms with Crippen LogP contribution in [0.3, 0.4) is 0 Å². The van der Waals surface area contributed by atoms with Gasteiger partial charge >= 0.3 is 0 Å². The molecule has 1 unspecified atom stereocenters. The Morgan fingerprint density at radius 2 is 1.53 bits per heavy atom. The molecule has 30 heavy (non-hydrogen) atoms. The second-order valence-electron chi connectivity index (χ2n) is 8.12. The molecule has 3 N–H and O–H groups in total. The number of rotatable bonds is 6. The van der Waals surface area contributed by atoms with Gasteiger partial charge in [0.2, 0.25) is 0 Å². The summed E-state index contributed by atoms with van der Waals surface area (Å²) in [6.45, 7) is 8.07. The largest absolute Gasteiger partial charge is 0.321 e. The maximum atomic E-state index is 12.7. The smallest absolute Gasteiger partial charge is 0.282 e. The van der Waals surface area contributed by atoms with Gasteiger partial charge in [-0.3, -0.25) is 9.59 Å². The molecule has 3 aromatic rings. The Balaban J connectivity index is 1.60. The molecule has 0 aliphatic rings. The third-order valence-electron chi connectivity index (χ3n) is 5.53. The van der Waals surface area contributed by atoms with Crippen LogP contribution in [0.4, 0.5) is 11.4 Å². The Morgan fingerprint density at radius 3 is 2.20 bits per heavy atom. The third kappa shape index (κ3) is 5.05. The van der Waals surface area contributed by atoms with Crippen LogP contribution in [0.2, 0.25) is 0 Å². The highest BCUT2D eigenvalue weighted by Gasteiger charge is 2.24. The van der Waals surface area contributed by atoms with E-state index in [1.165, 1.54) is 5.56 Å². The molecule has 0 aliphatic carbocycles. The van der Waals surface area contributed by atoms with Crippen molar-refractivity contribution in [2.75, 3.05) is 24.2 Å². The molecule has 0 aliphatic heterocycles. The van der Waals surface area contributed by atoms with Crippen molar-refractivity contribution in [1.29, 1.82) is 0 Å². The van der Waals surface area contributed by atoms with E-state index in [4.69, 9.17) is 0 Å². The van der Waals surface area contributed by atoms with Crippen LogP contribution in [0.25, 0.3) is 10.8 Å². The normalized spacial score (nSPS) is 13.0. The minimum Gasteiger partial charge on any atom is -0.321 e. The fourth-order valence-electron chi connectivity index (χ4n) is 3.71. The lowest BCUT2D eigenvalue weighted by molar-refractivity contribution is -0.885. The maximum absolute atomic E-state index is 12.7. The van der Waals surface area contributed by atoms with E-state index in [2.05, 4.69) is 22.8 Å². The second kappa shape index (κ2) is 9.09. The van der Waals surface area contributed by atoms with Crippen molar-refractivity contribution in [1.82, 2.24) is 0 Å². The van der Waals surface area contributed by atoms with Gasteiger partial charge in [0, 0.05) is 11.4 Å². The molecule has 0 heterocycles. The average Bonchev–Trinajstić information content (AvgIpc) is 2.69. The number of nitrogens with one attached hydrogen (secondary N) is 3. The number of aryl methyl sites for hydroxylation is 3. The average molecular weight is 405 g/mol. The standard InChI is InChI=1S/C25H29N3O2/c1-16-12-17(2)24(18(3)13-16)27-23(29)15-28(5)19(4)25(30)26-22-11-10-20-8-6-7-9-21(20)14-22/h6-14,19H,15H2,1-5H3,(H,26,30)(H,27,29)/p+1/t19-/m0/s1. The van der Waals surface area contributed by atoms with Crippen LogP contribution in [0.5, 0.6) is 0 Å². The highest BCUT2D eigenvalue weighted by Crippen LogP contribution is 2.21. The third-order valence-corrected chi connectivity index (χ3v) is 5.53. The SMILES string of the molecule is Cc1cc(C)c(NC(=O)C[NH+](C)[C@@H](C)C(=O)Nc2ccc3ccccc3c2)c(C)c1. The molecule has 0 saturated carbocycles. The van der Waals surface area contributed by atoms with Gasteiger partial charge in [0.05, 0.1) is 7.05 Å². The van der Waals surface area contributed by atoms with Crippen LogP contribution < -0.4 is 15.5 Å². The predicted octanol–water partition coefficient (Wildman–Crippen LogP) is 3.25. The van der Waals surface area contributed by atoms with E-state index in [-0.39, 0.29) is 24.4 Å². The topological polar surface area (TPSA) is 62.6 Å². The molecule has 0 aromatic heterocycles. The van der Waals surface area contributed by atoms with Gasteiger partial charge in [-0.2, -0.15) is 0 Å². The molecule has 3 rings (SSSR count). The number of hydrogen-bond donors (Lipinski definition) is 3. The fourth-order valence-corrected chi connectivity index (χ4v) is 3.71. The fraction of sp³-hybridized carbons (Fsp3) is 0.280. The molecule has 2 atom stereocenters. The van der Waals surface area contributed by atoms with Gasteiger partial charge in [-0.15, -0.1) is 0 Å². The number of benzene rings is 3. The lowest BCUT2D eigenvalue weighted by atomic mass is 10.1. The Morgan fingerprint density at radius 1 is 0.900 bits per heavy atom. The molecule has 156 valence electrons. The summed E-state index contributed by atoms with van der Waals surface area (Å²) in [5, 5.41) is 8.18.